The maximum Gasteiger partial charge on any atom is 0.294 e. The third-order valence-electron chi connectivity index (χ3n) is 4.88. The molecular weight excluding hydrogens is 450 g/mol. The Labute approximate surface area is 187 Å². The van der Waals surface area contributed by atoms with E-state index < -0.39 is 20.6 Å². The van der Waals surface area contributed by atoms with Gasteiger partial charge in [-0.1, -0.05) is 0 Å². The molecule has 0 spiro atoms. The molecule has 10 nitrogen and oxygen atoms in total. The summed E-state index contributed by atoms with van der Waals surface area (Å²) in [5.41, 5.74) is 0.949. The van der Waals surface area contributed by atoms with Crippen molar-refractivity contribution in [1.82, 2.24) is 0 Å². The number of hydrogen-bond donors (Lipinski definition) is 2. The van der Waals surface area contributed by atoms with Crippen LogP contribution in [0.15, 0.2) is 80.8 Å². The van der Waals surface area contributed by atoms with Gasteiger partial charge in [0.05, 0.1) is 22.3 Å². The summed E-state index contributed by atoms with van der Waals surface area (Å²) < 4.78 is 34.0. The largest absolute Gasteiger partial charge is 0.497 e. The van der Waals surface area contributed by atoms with Crippen LogP contribution in [0, 0.1) is 10.1 Å². The second-order valence-electron chi connectivity index (χ2n) is 7.02. The molecule has 168 valence electrons. The maximum atomic E-state index is 12.5. The zero-order chi connectivity index (χ0) is 23.8. The Morgan fingerprint density at radius 3 is 2.39 bits per heavy atom. The second-order valence-corrected chi connectivity index (χ2v) is 8.58. The molecule has 4 aromatic rings. The number of nitrogens with zero attached hydrogens (tertiary/aromatic N) is 1. The molecule has 0 aliphatic carbocycles. The van der Waals surface area contributed by atoms with Gasteiger partial charge < -0.3 is 14.5 Å². The Hall–Kier alpha value is -4.22. The predicted molar refractivity (Wildman–Crippen MR) is 122 cm³/mol. The lowest BCUT2D eigenvalue weighted by molar-refractivity contribution is -0.384. The zero-order valence-corrected chi connectivity index (χ0v) is 18.0. The fourth-order valence-electron chi connectivity index (χ4n) is 3.22. The van der Waals surface area contributed by atoms with Crippen molar-refractivity contribution < 1.29 is 22.5 Å². The first-order valence-corrected chi connectivity index (χ1v) is 11.0. The lowest BCUT2D eigenvalue weighted by atomic mass is 10.1. The monoisotopic (exact) mass is 467 g/mol. The summed E-state index contributed by atoms with van der Waals surface area (Å²) in [6.45, 7) is 0. The number of fused-ring (bicyclic) bond motifs is 1. The Morgan fingerprint density at radius 2 is 1.76 bits per heavy atom. The summed E-state index contributed by atoms with van der Waals surface area (Å²) in [7, 11) is -2.57. The van der Waals surface area contributed by atoms with Crippen molar-refractivity contribution in [3.8, 4) is 17.1 Å². The molecule has 0 saturated carbocycles. The van der Waals surface area contributed by atoms with Crippen LogP contribution in [0.25, 0.3) is 22.3 Å². The third kappa shape index (κ3) is 4.54. The van der Waals surface area contributed by atoms with Gasteiger partial charge in [0.1, 0.15) is 22.8 Å². The highest BCUT2D eigenvalue weighted by Gasteiger charge is 2.19. The van der Waals surface area contributed by atoms with Gasteiger partial charge in [-0.15, -0.1) is 0 Å². The summed E-state index contributed by atoms with van der Waals surface area (Å²) >= 11 is 0. The van der Waals surface area contributed by atoms with Gasteiger partial charge in [0.15, 0.2) is 5.43 Å². The number of nitrogens with one attached hydrogen (secondary N) is 1. The van der Waals surface area contributed by atoms with Crippen molar-refractivity contribution in [2.24, 2.45) is 5.14 Å². The number of hydrogen-bond acceptors (Lipinski definition) is 8. The van der Waals surface area contributed by atoms with Crippen LogP contribution < -0.4 is 20.6 Å². The minimum Gasteiger partial charge on any atom is -0.497 e. The van der Waals surface area contributed by atoms with Crippen LogP contribution in [-0.2, 0) is 10.0 Å². The quantitative estimate of drug-likeness (QED) is 0.321. The molecule has 0 aliphatic heterocycles. The summed E-state index contributed by atoms with van der Waals surface area (Å²) in [5.74, 6) is 0.900. The molecule has 33 heavy (non-hydrogen) atoms. The highest BCUT2D eigenvalue weighted by atomic mass is 32.2. The molecular formula is C22H17N3O7S. The number of nitro groups is 1. The lowest BCUT2D eigenvalue weighted by Gasteiger charge is -2.09. The number of ether oxygens (including phenoxy) is 1. The van der Waals surface area contributed by atoms with Gasteiger partial charge in [-0.2, -0.15) is 0 Å². The minimum absolute atomic E-state index is 0.0892. The number of anilines is 2. The molecule has 1 heterocycles. The van der Waals surface area contributed by atoms with E-state index >= 15 is 0 Å². The van der Waals surface area contributed by atoms with E-state index in [1.165, 1.54) is 25.3 Å². The van der Waals surface area contributed by atoms with Crippen molar-refractivity contribution in [2.45, 2.75) is 4.90 Å². The van der Waals surface area contributed by atoms with Gasteiger partial charge in [-0.3, -0.25) is 14.9 Å². The highest BCUT2D eigenvalue weighted by molar-refractivity contribution is 7.89. The second kappa shape index (κ2) is 8.37. The maximum absolute atomic E-state index is 12.5. The first kappa shape index (κ1) is 22.0. The van der Waals surface area contributed by atoms with E-state index in [9.17, 15) is 23.3 Å². The summed E-state index contributed by atoms with van der Waals surface area (Å²) in [4.78, 5) is 22.8. The van der Waals surface area contributed by atoms with E-state index in [0.29, 0.717) is 33.7 Å². The summed E-state index contributed by atoms with van der Waals surface area (Å²) in [6, 6.07) is 16.3. The SMILES string of the molecule is COc1ccc2oc(-c3ccc(Nc4ccc(S(N)(=O)=O)cc4[N+](=O)[O-])cc3)cc(=O)c2c1. The van der Waals surface area contributed by atoms with Crippen molar-refractivity contribution in [3.05, 3.63) is 87.1 Å². The summed E-state index contributed by atoms with van der Waals surface area (Å²) in [5, 5.41) is 19.7. The number of nitro benzene ring substituents is 1. The smallest absolute Gasteiger partial charge is 0.294 e. The van der Waals surface area contributed by atoms with E-state index in [2.05, 4.69) is 5.32 Å². The molecule has 4 rings (SSSR count). The molecule has 0 bridgehead atoms. The van der Waals surface area contributed by atoms with Crippen LogP contribution >= 0.6 is 0 Å². The van der Waals surface area contributed by atoms with Crippen LogP contribution in [-0.4, -0.2) is 20.5 Å². The Balaban J connectivity index is 1.64. The van der Waals surface area contributed by atoms with E-state index in [1.54, 1.807) is 42.5 Å². The van der Waals surface area contributed by atoms with Gasteiger partial charge in [0.2, 0.25) is 10.0 Å². The van der Waals surface area contributed by atoms with Crippen LogP contribution in [0.2, 0.25) is 0 Å². The van der Waals surface area contributed by atoms with Crippen LogP contribution in [0.1, 0.15) is 0 Å². The predicted octanol–water partition coefficient (Wildman–Crippen LogP) is 3.77. The molecule has 0 saturated heterocycles. The molecule has 0 fully saturated rings. The molecule has 1 aromatic heterocycles. The van der Waals surface area contributed by atoms with Crippen molar-refractivity contribution in [1.29, 1.82) is 0 Å². The molecule has 0 unspecified atom stereocenters. The molecule has 0 amide bonds. The number of nitrogens with two attached hydrogens (primary N) is 1. The number of primary sulfonamides is 1. The standard InChI is InChI=1S/C22H17N3O7S/c1-31-15-6-9-21-17(10-15)20(26)12-22(32-21)13-2-4-14(5-3-13)24-18-8-7-16(33(23,29)30)11-19(18)25(27)28/h2-12,24H,1H3,(H2,23,29,30). The normalized spacial score (nSPS) is 11.3. The third-order valence-corrected chi connectivity index (χ3v) is 5.79. The molecule has 11 heteroatoms. The molecule has 3 N–H and O–H groups in total. The number of sulfonamides is 1. The minimum atomic E-state index is -4.08. The Bertz CT molecular complexity index is 1550. The van der Waals surface area contributed by atoms with Gasteiger partial charge in [0, 0.05) is 23.4 Å². The average Bonchev–Trinajstić information content (AvgIpc) is 2.78. The first-order chi connectivity index (χ1) is 15.7. The van der Waals surface area contributed by atoms with Gasteiger partial charge in [-0.25, -0.2) is 13.6 Å². The topological polar surface area (TPSA) is 155 Å². The van der Waals surface area contributed by atoms with Crippen molar-refractivity contribution in [2.75, 3.05) is 12.4 Å². The number of methoxy groups -OCH3 is 1. The van der Waals surface area contributed by atoms with Gasteiger partial charge in [0.25, 0.3) is 5.69 Å². The van der Waals surface area contributed by atoms with E-state index in [1.807, 2.05) is 0 Å². The zero-order valence-electron chi connectivity index (χ0n) is 17.1. The summed E-state index contributed by atoms with van der Waals surface area (Å²) in [6.07, 6.45) is 0. The van der Waals surface area contributed by atoms with Crippen LogP contribution in [0.4, 0.5) is 17.1 Å². The van der Waals surface area contributed by atoms with Crippen LogP contribution in [0.3, 0.4) is 0 Å². The van der Waals surface area contributed by atoms with Crippen molar-refractivity contribution >= 4 is 38.1 Å². The van der Waals surface area contributed by atoms with Crippen LogP contribution in [0.5, 0.6) is 5.75 Å². The number of rotatable bonds is 6. The Morgan fingerprint density at radius 1 is 1.03 bits per heavy atom. The van der Waals surface area contributed by atoms with E-state index in [4.69, 9.17) is 14.3 Å². The fraction of sp³-hybridized carbons (Fsp3) is 0.0455. The van der Waals surface area contributed by atoms with E-state index in [-0.39, 0.29) is 16.0 Å². The Kier molecular flexibility index (Phi) is 5.58. The molecule has 0 aliphatic rings. The molecule has 0 atom stereocenters. The fourth-order valence-corrected chi connectivity index (χ4v) is 3.76. The molecule has 0 radical (unpaired) electrons. The molecule has 3 aromatic carbocycles. The first-order valence-electron chi connectivity index (χ1n) is 9.46. The van der Waals surface area contributed by atoms with Gasteiger partial charge in [-0.05, 0) is 54.6 Å². The van der Waals surface area contributed by atoms with Crippen molar-refractivity contribution in [3.63, 3.8) is 0 Å². The van der Waals surface area contributed by atoms with Gasteiger partial charge >= 0.3 is 0 Å². The van der Waals surface area contributed by atoms with E-state index in [0.717, 1.165) is 6.07 Å². The average molecular weight is 467 g/mol. The number of benzene rings is 3. The lowest BCUT2D eigenvalue weighted by Crippen LogP contribution is -2.12. The highest BCUT2D eigenvalue weighted by Crippen LogP contribution is 2.31.